The summed E-state index contributed by atoms with van der Waals surface area (Å²) < 4.78 is 2.04. The first-order valence-corrected chi connectivity index (χ1v) is 6.70. The standard InChI is InChI=1S/C12H10N2S2/c1-14-5-4-9(7-14)12-13-10(8-16-12)11-3-2-6-15-11/h2-8H,1H3. The van der Waals surface area contributed by atoms with Crippen LogP contribution < -0.4 is 0 Å². The van der Waals surface area contributed by atoms with Crippen molar-refractivity contribution in [1.29, 1.82) is 0 Å². The first kappa shape index (κ1) is 9.81. The van der Waals surface area contributed by atoms with Gasteiger partial charge in [-0.2, -0.15) is 0 Å². The molecule has 3 aromatic heterocycles. The molecule has 0 unspecified atom stereocenters. The zero-order valence-electron chi connectivity index (χ0n) is 8.75. The monoisotopic (exact) mass is 246 g/mol. The van der Waals surface area contributed by atoms with Crippen molar-refractivity contribution in [3.63, 3.8) is 0 Å². The predicted molar refractivity (Wildman–Crippen MR) is 69.8 cm³/mol. The molecule has 0 saturated heterocycles. The molecule has 80 valence electrons. The Labute approximate surface area is 102 Å². The van der Waals surface area contributed by atoms with Gasteiger partial charge in [0, 0.05) is 30.4 Å². The topological polar surface area (TPSA) is 17.8 Å². The van der Waals surface area contributed by atoms with Gasteiger partial charge in [-0.1, -0.05) is 6.07 Å². The number of hydrogen-bond donors (Lipinski definition) is 0. The van der Waals surface area contributed by atoms with Gasteiger partial charge in [0.05, 0.1) is 10.6 Å². The van der Waals surface area contributed by atoms with Gasteiger partial charge < -0.3 is 4.57 Å². The third-order valence-corrected chi connectivity index (χ3v) is 4.14. The van der Waals surface area contributed by atoms with E-state index < -0.39 is 0 Å². The van der Waals surface area contributed by atoms with Gasteiger partial charge in [-0.25, -0.2) is 4.98 Å². The average molecular weight is 246 g/mol. The summed E-state index contributed by atoms with van der Waals surface area (Å²) in [5, 5.41) is 5.29. The van der Waals surface area contributed by atoms with Crippen molar-refractivity contribution < 1.29 is 0 Å². The van der Waals surface area contributed by atoms with E-state index in [4.69, 9.17) is 0 Å². The largest absolute Gasteiger partial charge is 0.357 e. The molecule has 0 bridgehead atoms. The van der Waals surface area contributed by atoms with Gasteiger partial charge in [0.2, 0.25) is 0 Å². The molecular formula is C12H10N2S2. The third kappa shape index (κ3) is 1.70. The van der Waals surface area contributed by atoms with E-state index in [1.165, 1.54) is 10.4 Å². The Morgan fingerprint density at radius 3 is 2.88 bits per heavy atom. The number of thiazole rings is 1. The Hall–Kier alpha value is -1.39. The molecule has 0 atom stereocenters. The molecule has 3 heterocycles. The Balaban J connectivity index is 2.00. The van der Waals surface area contributed by atoms with Gasteiger partial charge in [0.15, 0.2) is 0 Å². The van der Waals surface area contributed by atoms with Crippen molar-refractivity contribution in [2.24, 2.45) is 7.05 Å². The van der Waals surface area contributed by atoms with Crippen molar-refractivity contribution in [3.8, 4) is 21.1 Å². The fourth-order valence-corrected chi connectivity index (χ4v) is 3.15. The Bertz CT molecular complexity index is 590. The minimum Gasteiger partial charge on any atom is -0.357 e. The molecule has 0 saturated carbocycles. The van der Waals surface area contributed by atoms with Crippen LogP contribution in [0.3, 0.4) is 0 Å². The maximum absolute atomic E-state index is 4.65. The average Bonchev–Trinajstić information content (AvgIpc) is 2.97. The van der Waals surface area contributed by atoms with Crippen molar-refractivity contribution >= 4 is 22.7 Å². The molecule has 0 aliphatic carbocycles. The van der Waals surface area contributed by atoms with Crippen molar-refractivity contribution in [1.82, 2.24) is 9.55 Å². The lowest BCUT2D eigenvalue weighted by atomic mass is 10.3. The highest BCUT2D eigenvalue weighted by Crippen LogP contribution is 2.30. The fraction of sp³-hybridized carbons (Fsp3) is 0.0833. The van der Waals surface area contributed by atoms with Crippen LogP contribution in [0.5, 0.6) is 0 Å². The minimum absolute atomic E-state index is 1.08. The lowest BCUT2D eigenvalue weighted by Gasteiger charge is -1.89. The Morgan fingerprint density at radius 1 is 1.25 bits per heavy atom. The fourth-order valence-electron chi connectivity index (χ4n) is 1.57. The van der Waals surface area contributed by atoms with Gasteiger partial charge in [-0.05, 0) is 17.5 Å². The first-order chi connectivity index (χ1) is 7.83. The summed E-state index contributed by atoms with van der Waals surface area (Å²) in [5.74, 6) is 0. The molecule has 0 aromatic carbocycles. The summed E-state index contributed by atoms with van der Waals surface area (Å²) >= 11 is 3.43. The van der Waals surface area contributed by atoms with Gasteiger partial charge in [-0.3, -0.25) is 0 Å². The van der Waals surface area contributed by atoms with E-state index in [0.29, 0.717) is 0 Å². The quantitative estimate of drug-likeness (QED) is 0.671. The van der Waals surface area contributed by atoms with Crippen LogP contribution in [0.1, 0.15) is 0 Å². The predicted octanol–water partition coefficient (Wildman–Crippen LogP) is 3.88. The lowest BCUT2D eigenvalue weighted by Crippen LogP contribution is -1.78. The summed E-state index contributed by atoms with van der Waals surface area (Å²) in [6.07, 6.45) is 4.14. The van der Waals surface area contributed by atoms with Gasteiger partial charge in [0.1, 0.15) is 5.01 Å². The molecule has 0 N–H and O–H groups in total. The van der Waals surface area contributed by atoms with Crippen LogP contribution in [0.15, 0.2) is 41.4 Å². The van der Waals surface area contributed by atoms with E-state index in [2.05, 4.69) is 40.1 Å². The maximum atomic E-state index is 4.65. The van der Waals surface area contributed by atoms with E-state index >= 15 is 0 Å². The van der Waals surface area contributed by atoms with Crippen LogP contribution in [0.2, 0.25) is 0 Å². The second-order valence-corrected chi connectivity index (χ2v) is 5.39. The molecule has 3 rings (SSSR count). The molecule has 4 heteroatoms. The van der Waals surface area contributed by atoms with Crippen LogP contribution in [0.25, 0.3) is 21.1 Å². The molecule has 0 fully saturated rings. The SMILES string of the molecule is Cn1ccc(-c2nc(-c3cccs3)cs2)c1. The maximum Gasteiger partial charge on any atom is 0.125 e. The number of aryl methyl sites for hydroxylation is 1. The lowest BCUT2D eigenvalue weighted by molar-refractivity contribution is 0.928. The molecule has 0 aliphatic heterocycles. The normalized spacial score (nSPS) is 10.8. The highest BCUT2D eigenvalue weighted by atomic mass is 32.1. The number of nitrogens with zero attached hydrogens (tertiary/aromatic N) is 2. The van der Waals surface area contributed by atoms with Crippen LogP contribution in [0.4, 0.5) is 0 Å². The van der Waals surface area contributed by atoms with E-state index in [-0.39, 0.29) is 0 Å². The molecule has 0 aliphatic rings. The summed E-state index contributed by atoms with van der Waals surface area (Å²) in [7, 11) is 2.03. The van der Waals surface area contributed by atoms with E-state index in [1.54, 1.807) is 22.7 Å². The second-order valence-electron chi connectivity index (χ2n) is 3.58. The zero-order valence-corrected chi connectivity index (χ0v) is 10.4. The molecule has 2 nitrogen and oxygen atoms in total. The van der Waals surface area contributed by atoms with Crippen molar-refractivity contribution in [2.45, 2.75) is 0 Å². The number of hydrogen-bond acceptors (Lipinski definition) is 3. The van der Waals surface area contributed by atoms with Gasteiger partial charge in [-0.15, -0.1) is 22.7 Å². The van der Waals surface area contributed by atoms with Gasteiger partial charge >= 0.3 is 0 Å². The second kappa shape index (κ2) is 3.88. The number of aromatic nitrogens is 2. The minimum atomic E-state index is 1.08. The summed E-state index contributed by atoms with van der Waals surface area (Å²) in [6.45, 7) is 0. The van der Waals surface area contributed by atoms with Crippen LogP contribution in [-0.4, -0.2) is 9.55 Å². The van der Waals surface area contributed by atoms with Crippen LogP contribution in [0, 0.1) is 0 Å². The Kier molecular flexibility index (Phi) is 2.38. The van der Waals surface area contributed by atoms with Crippen LogP contribution in [-0.2, 0) is 7.05 Å². The molecule has 0 spiro atoms. The summed E-state index contributed by atoms with van der Waals surface area (Å²) in [6, 6.07) is 6.26. The van der Waals surface area contributed by atoms with Crippen molar-refractivity contribution in [2.75, 3.05) is 0 Å². The smallest absolute Gasteiger partial charge is 0.125 e. The van der Waals surface area contributed by atoms with Gasteiger partial charge in [0.25, 0.3) is 0 Å². The first-order valence-electron chi connectivity index (χ1n) is 4.95. The third-order valence-electron chi connectivity index (χ3n) is 2.36. The zero-order chi connectivity index (χ0) is 11.0. The van der Waals surface area contributed by atoms with Crippen molar-refractivity contribution in [3.05, 3.63) is 41.4 Å². The molecule has 0 amide bonds. The van der Waals surface area contributed by atoms with E-state index in [1.807, 2.05) is 17.8 Å². The highest BCUT2D eigenvalue weighted by Gasteiger charge is 2.07. The molecule has 3 aromatic rings. The Morgan fingerprint density at radius 2 is 2.19 bits per heavy atom. The number of thiophene rings is 1. The molecular weight excluding hydrogens is 236 g/mol. The number of rotatable bonds is 2. The summed E-state index contributed by atoms with van der Waals surface area (Å²) in [5.41, 5.74) is 2.27. The van der Waals surface area contributed by atoms with E-state index in [0.717, 1.165) is 10.7 Å². The molecule has 16 heavy (non-hydrogen) atoms. The molecule has 0 radical (unpaired) electrons. The van der Waals surface area contributed by atoms with Crippen LogP contribution >= 0.6 is 22.7 Å². The van der Waals surface area contributed by atoms with E-state index in [9.17, 15) is 0 Å². The summed E-state index contributed by atoms with van der Waals surface area (Å²) in [4.78, 5) is 5.89. The highest BCUT2D eigenvalue weighted by molar-refractivity contribution is 7.15.